The number of amides is 2. The second-order valence-electron chi connectivity index (χ2n) is 9.98. The van der Waals surface area contributed by atoms with E-state index < -0.39 is 42.6 Å². The van der Waals surface area contributed by atoms with Gasteiger partial charge in [-0.25, -0.2) is 9.69 Å². The first-order valence-corrected chi connectivity index (χ1v) is 12.4. The van der Waals surface area contributed by atoms with Crippen molar-refractivity contribution in [3.05, 3.63) is 59.7 Å². The molecular formula is C28H35N3O6. The van der Waals surface area contributed by atoms with E-state index in [0.717, 1.165) is 27.2 Å². The molecule has 9 heteroatoms. The number of imide groups is 1. The first kappa shape index (κ1) is 28.0. The summed E-state index contributed by atoms with van der Waals surface area (Å²) in [6.45, 7) is 7.00. The highest BCUT2D eigenvalue weighted by atomic mass is 16.6. The first-order valence-electron chi connectivity index (χ1n) is 12.4. The number of hydrogen-bond acceptors (Lipinski definition) is 7. The number of carbonyl (C=O) groups excluding carboxylic acids is 3. The quantitative estimate of drug-likeness (QED) is 0.310. The van der Waals surface area contributed by atoms with Gasteiger partial charge in [-0.05, 0) is 34.1 Å². The first-order chi connectivity index (χ1) is 17.6. The minimum absolute atomic E-state index is 0.00932. The third-order valence-corrected chi connectivity index (χ3v) is 6.63. The molecule has 0 bridgehead atoms. The van der Waals surface area contributed by atoms with Gasteiger partial charge in [0, 0.05) is 5.92 Å². The molecule has 198 valence electrons. The van der Waals surface area contributed by atoms with Gasteiger partial charge in [0.15, 0.2) is 0 Å². The van der Waals surface area contributed by atoms with Crippen LogP contribution in [0.3, 0.4) is 0 Å². The Morgan fingerprint density at radius 1 is 1.00 bits per heavy atom. The van der Waals surface area contributed by atoms with E-state index in [1.807, 2.05) is 48.5 Å². The molecule has 0 aromatic heterocycles. The number of nitrogens with two attached hydrogens (primary N) is 1. The van der Waals surface area contributed by atoms with Gasteiger partial charge in [0.05, 0.1) is 24.7 Å². The van der Waals surface area contributed by atoms with Crippen LogP contribution in [0.25, 0.3) is 11.1 Å². The fraction of sp³-hybridized carbons (Fsp3) is 0.429. The van der Waals surface area contributed by atoms with Gasteiger partial charge in [0.25, 0.3) is 0 Å². The molecule has 3 rings (SSSR count). The van der Waals surface area contributed by atoms with E-state index in [0.29, 0.717) is 6.29 Å². The van der Waals surface area contributed by atoms with Crippen LogP contribution in [0.1, 0.15) is 51.2 Å². The number of carboxylic acids is 1. The molecule has 0 aliphatic heterocycles. The zero-order valence-electron chi connectivity index (χ0n) is 21.6. The van der Waals surface area contributed by atoms with Gasteiger partial charge in [-0.15, -0.1) is 0 Å². The zero-order valence-corrected chi connectivity index (χ0v) is 21.6. The van der Waals surface area contributed by atoms with E-state index in [1.54, 1.807) is 27.7 Å². The molecule has 0 radical (unpaired) electrons. The Morgan fingerprint density at radius 3 is 2.00 bits per heavy atom. The number of aliphatic carboxylic acids is 1. The summed E-state index contributed by atoms with van der Waals surface area (Å²) in [5.74, 6) is -2.72. The van der Waals surface area contributed by atoms with Crippen molar-refractivity contribution in [2.24, 2.45) is 17.6 Å². The predicted octanol–water partition coefficient (Wildman–Crippen LogP) is 3.36. The number of rotatable bonds is 11. The van der Waals surface area contributed by atoms with Gasteiger partial charge in [0.1, 0.15) is 12.9 Å². The summed E-state index contributed by atoms with van der Waals surface area (Å²) >= 11 is 0. The highest BCUT2D eigenvalue weighted by Gasteiger charge is 2.39. The maximum Gasteiger partial charge on any atom is 0.417 e. The maximum atomic E-state index is 13.5. The SMILES string of the molecule is CC(C)C(NC(C=O)CC(=O)O)N(C(=O)OCC1c2ccccc2-c2ccccc21)C(=O)[C@@H](N)C(C)C. The molecule has 2 unspecified atom stereocenters. The average Bonchev–Trinajstić information content (AvgIpc) is 3.19. The smallest absolute Gasteiger partial charge is 0.417 e. The lowest BCUT2D eigenvalue weighted by molar-refractivity contribution is -0.139. The monoisotopic (exact) mass is 509 g/mol. The Morgan fingerprint density at radius 2 is 1.54 bits per heavy atom. The number of carbonyl (C=O) groups is 4. The Labute approximate surface area is 217 Å². The van der Waals surface area contributed by atoms with Crippen LogP contribution in [0.4, 0.5) is 4.79 Å². The summed E-state index contributed by atoms with van der Waals surface area (Å²) in [6, 6.07) is 13.7. The molecule has 3 atom stereocenters. The molecule has 0 saturated heterocycles. The number of nitrogens with one attached hydrogen (secondary N) is 1. The number of hydrogen-bond donors (Lipinski definition) is 3. The minimum Gasteiger partial charge on any atom is -0.481 e. The van der Waals surface area contributed by atoms with Gasteiger partial charge in [0.2, 0.25) is 5.91 Å². The predicted molar refractivity (Wildman–Crippen MR) is 139 cm³/mol. The second-order valence-corrected chi connectivity index (χ2v) is 9.98. The number of ether oxygens (including phenoxy) is 1. The normalized spacial score (nSPS) is 15.0. The Bertz CT molecular complexity index is 1100. The average molecular weight is 510 g/mol. The van der Waals surface area contributed by atoms with Crippen LogP contribution in [-0.4, -0.2) is 59.1 Å². The van der Waals surface area contributed by atoms with Crippen molar-refractivity contribution >= 4 is 24.3 Å². The third-order valence-electron chi connectivity index (χ3n) is 6.63. The van der Waals surface area contributed by atoms with Crippen molar-refractivity contribution in [2.45, 2.75) is 58.3 Å². The molecule has 0 heterocycles. The molecule has 37 heavy (non-hydrogen) atoms. The van der Waals surface area contributed by atoms with Crippen LogP contribution in [0.15, 0.2) is 48.5 Å². The van der Waals surface area contributed by atoms with Crippen molar-refractivity contribution in [1.82, 2.24) is 10.2 Å². The number of carboxylic acid groups (broad SMARTS) is 1. The van der Waals surface area contributed by atoms with Crippen LogP contribution < -0.4 is 11.1 Å². The highest BCUT2D eigenvalue weighted by molar-refractivity contribution is 5.95. The highest BCUT2D eigenvalue weighted by Crippen LogP contribution is 2.44. The number of benzene rings is 2. The van der Waals surface area contributed by atoms with Crippen molar-refractivity contribution in [2.75, 3.05) is 6.61 Å². The number of fused-ring (bicyclic) bond motifs is 3. The fourth-order valence-electron chi connectivity index (χ4n) is 4.57. The lowest BCUT2D eigenvalue weighted by atomic mass is 9.98. The molecule has 0 spiro atoms. The fourth-order valence-corrected chi connectivity index (χ4v) is 4.57. The van der Waals surface area contributed by atoms with E-state index in [4.69, 9.17) is 15.6 Å². The molecule has 2 aromatic rings. The van der Waals surface area contributed by atoms with Crippen LogP contribution >= 0.6 is 0 Å². The summed E-state index contributed by atoms with van der Waals surface area (Å²) in [6.07, 6.45) is -1.97. The van der Waals surface area contributed by atoms with Crippen molar-refractivity contribution in [3.63, 3.8) is 0 Å². The Kier molecular flexibility index (Phi) is 9.18. The topological polar surface area (TPSA) is 139 Å². The molecule has 1 aliphatic rings. The van der Waals surface area contributed by atoms with Crippen molar-refractivity contribution in [1.29, 1.82) is 0 Å². The summed E-state index contributed by atoms with van der Waals surface area (Å²) in [4.78, 5) is 50.6. The van der Waals surface area contributed by atoms with Gasteiger partial charge in [-0.2, -0.15) is 0 Å². The Hall–Kier alpha value is -3.56. The number of aldehydes is 1. The zero-order chi connectivity index (χ0) is 27.3. The van der Waals surface area contributed by atoms with Gasteiger partial charge in [-0.1, -0.05) is 76.2 Å². The molecular weight excluding hydrogens is 474 g/mol. The van der Waals surface area contributed by atoms with Crippen LogP contribution in [0, 0.1) is 11.8 Å². The van der Waals surface area contributed by atoms with E-state index >= 15 is 0 Å². The summed E-state index contributed by atoms with van der Waals surface area (Å²) in [7, 11) is 0. The number of nitrogens with zero attached hydrogens (tertiary/aromatic N) is 1. The van der Waals surface area contributed by atoms with Gasteiger partial charge < -0.3 is 20.4 Å². The van der Waals surface area contributed by atoms with Crippen LogP contribution in [0.5, 0.6) is 0 Å². The van der Waals surface area contributed by atoms with Crippen LogP contribution in [-0.2, 0) is 19.1 Å². The van der Waals surface area contributed by atoms with E-state index in [9.17, 15) is 19.2 Å². The van der Waals surface area contributed by atoms with E-state index in [2.05, 4.69) is 5.32 Å². The van der Waals surface area contributed by atoms with Gasteiger partial charge in [-0.3, -0.25) is 14.9 Å². The minimum atomic E-state index is -1.19. The summed E-state index contributed by atoms with van der Waals surface area (Å²) in [5, 5.41) is 12.0. The third kappa shape index (κ3) is 6.23. The summed E-state index contributed by atoms with van der Waals surface area (Å²) in [5.41, 5.74) is 10.3. The molecule has 4 N–H and O–H groups in total. The molecule has 1 aliphatic carbocycles. The van der Waals surface area contributed by atoms with Crippen molar-refractivity contribution in [3.8, 4) is 11.1 Å². The molecule has 0 saturated carbocycles. The van der Waals surface area contributed by atoms with Crippen LogP contribution in [0.2, 0.25) is 0 Å². The van der Waals surface area contributed by atoms with Gasteiger partial charge >= 0.3 is 12.1 Å². The second kappa shape index (κ2) is 12.1. The van der Waals surface area contributed by atoms with E-state index in [1.165, 1.54) is 0 Å². The molecule has 2 aromatic carbocycles. The largest absolute Gasteiger partial charge is 0.481 e. The van der Waals surface area contributed by atoms with E-state index in [-0.39, 0.29) is 24.4 Å². The molecule has 9 nitrogen and oxygen atoms in total. The Balaban J connectivity index is 1.90. The summed E-state index contributed by atoms with van der Waals surface area (Å²) < 4.78 is 5.75. The molecule has 2 amide bonds. The lowest BCUT2D eigenvalue weighted by Gasteiger charge is -2.36. The lowest BCUT2D eigenvalue weighted by Crippen LogP contribution is -2.61. The molecule has 0 fully saturated rings. The van der Waals surface area contributed by atoms with Crippen molar-refractivity contribution < 1.29 is 29.0 Å². The maximum absolute atomic E-state index is 13.5. The standard InChI is InChI=1S/C28H35N3O6/c1-16(2)25(29)27(35)31(26(17(3)4)30-18(14-32)13-24(33)34)28(36)37-15-23-21-11-7-5-9-19(21)20-10-6-8-12-22(20)23/h5-12,14,16-18,23,25-26,30H,13,15,29H2,1-4H3,(H,33,34)/t18?,25-,26?/m0/s1.